The maximum absolute atomic E-state index is 13.9. The molecule has 0 aliphatic heterocycles. The predicted molar refractivity (Wildman–Crippen MR) is 80.2 cm³/mol. The van der Waals surface area contributed by atoms with Gasteiger partial charge in [-0.3, -0.25) is 0 Å². The molecule has 0 fully saturated rings. The quantitative estimate of drug-likeness (QED) is 0.586. The third-order valence-electron chi connectivity index (χ3n) is 4.13. The average molecular weight is 410 g/mol. The van der Waals surface area contributed by atoms with Crippen molar-refractivity contribution >= 4 is 0 Å². The zero-order valence-corrected chi connectivity index (χ0v) is 14.9. The highest BCUT2D eigenvalue weighted by atomic mass is 19.4. The number of halogens is 9. The molecule has 10 heteroatoms. The number of aliphatic hydroxyl groups is 1. The van der Waals surface area contributed by atoms with Crippen molar-refractivity contribution in [1.29, 1.82) is 0 Å². The van der Waals surface area contributed by atoms with Crippen molar-refractivity contribution in [3.8, 4) is 0 Å². The van der Waals surface area contributed by atoms with E-state index in [1.54, 1.807) is 26.8 Å². The minimum atomic E-state index is -6.98. The number of rotatable bonds is 5. The van der Waals surface area contributed by atoms with Crippen LogP contribution in [0.1, 0.15) is 45.2 Å². The monoisotopic (exact) mass is 410 g/mol. The highest BCUT2D eigenvalue weighted by molar-refractivity contribution is 5.32. The van der Waals surface area contributed by atoms with Crippen LogP contribution in [0.3, 0.4) is 0 Å². The Bertz CT molecular complexity index is 670. The molecule has 1 rings (SSSR count). The number of alkyl halides is 9. The number of benzene rings is 1. The van der Waals surface area contributed by atoms with Gasteiger partial charge in [0.1, 0.15) is 0 Å². The summed E-state index contributed by atoms with van der Waals surface area (Å²) < 4.78 is 117. The summed E-state index contributed by atoms with van der Waals surface area (Å²) in [5.41, 5.74) is -3.13. The second-order valence-electron chi connectivity index (χ2n) is 7.63. The number of hydrogen-bond acceptors (Lipinski definition) is 1. The van der Waals surface area contributed by atoms with E-state index in [2.05, 4.69) is 0 Å². The van der Waals surface area contributed by atoms with Gasteiger partial charge in [0.15, 0.2) is 0 Å². The van der Waals surface area contributed by atoms with Crippen LogP contribution < -0.4 is 0 Å². The molecule has 0 saturated heterocycles. The zero-order valence-electron chi connectivity index (χ0n) is 14.9. The van der Waals surface area contributed by atoms with Gasteiger partial charge in [0, 0.05) is 0 Å². The van der Waals surface area contributed by atoms with Gasteiger partial charge in [-0.05, 0) is 23.5 Å². The molecule has 1 aromatic carbocycles. The summed E-state index contributed by atoms with van der Waals surface area (Å²) >= 11 is 0. The van der Waals surface area contributed by atoms with Gasteiger partial charge in [0.25, 0.3) is 0 Å². The third kappa shape index (κ3) is 4.35. The number of hydrogen-bond donors (Lipinski definition) is 1. The summed E-state index contributed by atoms with van der Waals surface area (Å²) in [4.78, 5) is 0. The van der Waals surface area contributed by atoms with E-state index >= 15 is 0 Å². The Balaban J connectivity index is 3.31. The summed E-state index contributed by atoms with van der Waals surface area (Å²) in [5, 5.41) is 10.2. The Labute approximate surface area is 150 Å². The van der Waals surface area contributed by atoms with Gasteiger partial charge in [-0.1, -0.05) is 45.0 Å². The molecule has 27 heavy (non-hydrogen) atoms. The lowest BCUT2D eigenvalue weighted by atomic mass is 9.81. The van der Waals surface area contributed by atoms with E-state index in [1.807, 2.05) is 0 Å². The lowest BCUT2D eigenvalue weighted by Crippen LogP contribution is -2.62. The van der Waals surface area contributed by atoms with Crippen LogP contribution in [0.4, 0.5) is 39.5 Å². The first kappa shape index (κ1) is 23.6. The maximum Gasteiger partial charge on any atom is 0.460 e. The Kier molecular flexibility index (Phi) is 5.73. The van der Waals surface area contributed by atoms with E-state index in [1.165, 1.54) is 12.1 Å². The molecule has 0 bridgehead atoms. The van der Waals surface area contributed by atoms with Crippen LogP contribution >= 0.6 is 0 Å². The predicted octanol–water partition coefficient (Wildman–Crippen LogP) is 6.05. The maximum atomic E-state index is 13.9. The van der Waals surface area contributed by atoms with E-state index < -0.39 is 41.4 Å². The van der Waals surface area contributed by atoms with Gasteiger partial charge in [0.05, 0.1) is 12.0 Å². The summed E-state index contributed by atoms with van der Waals surface area (Å²) in [7, 11) is 0. The fourth-order valence-corrected chi connectivity index (χ4v) is 2.37. The van der Waals surface area contributed by atoms with E-state index in [4.69, 9.17) is 0 Å². The Hall–Kier alpha value is -1.45. The molecule has 0 aliphatic rings. The molecule has 0 radical (unpaired) electrons. The summed E-state index contributed by atoms with van der Waals surface area (Å²) in [6, 6.07) is 5.18. The van der Waals surface area contributed by atoms with Crippen LogP contribution in [0.15, 0.2) is 24.3 Å². The van der Waals surface area contributed by atoms with Crippen LogP contribution in [0.25, 0.3) is 0 Å². The average Bonchev–Trinajstić information content (AvgIpc) is 2.43. The summed E-state index contributed by atoms with van der Waals surface area (Å²) in [6.45, 7) is 5.83. The van der Waals surface area contributed by atoms with Crippen molar-refractivity contribution in [1.82, 2.24) is 0 Å². The van der Waals surface area contributed by atoms with Crippen LogP contribution in [-0.4, -0.2) is 29.1 Å². The molecule has 0 heterocycles. The van der Waals surface area contributed by atoms with E-state index in [0.29, 0.717) is 12.5 Å². The van der Waals surface area contributed by atoms with Crippen LogP contribution in [0.2, 0.25) is 0 Å². The summed E-state index contributed by atoms with van der Waals surface area (Å²) in [5.74, 6) is -19.6. The second kappa shape index (κ2) is 6.56. The first-order valence-corrected chi connectivity index (χ1v) is 7.70. The standard InChI is InChI=1S/C17H19F9O/c1-12(2,3)10-6-5-7-11(8-10)13(4,27)9-14(18,19)15(20,21)16(22,23)17(24,25)26/h5-8,27H,9H2,1-4H3. The molecule has 156 valence electrons. The van der Waals surface area contributed by atoms with Crippen molar-refractivity contribution in [3.05, 3.63) is 35.4 Å². The first-order valence-electron chi connectivity index (χ1n) is 7.70. The van der Waals surface area contributed by atoms with Crippen molar-refractivity contribution in [3.63, 3.8) is 0 Å². The van der Waals surface area contributed by atoms with E-state index in [-0.39, 0.29) is 5.56 Å². The Morgan fingerprint density at radius 1 is 0.741 bits per heavy atom. The Morgan fingerprint density at radius 3 is 1.59 bits per heavy atom. The van der Waals surface area contributed by atoms with E-state index in [0.717, 1.165) is 6.07 Å². The fourth-order valence-electron chi connectivity index (χ4n) is 2.37. The smallest absolute Gasteiger partial charge is 0.385 e. The highest BCUT2D eigenvalue weighted by Gasteiger charge is 2.81. The fraction of sp³-hybridized carbons (Fsp3) is 0.647. The zero-order chi connectivity index (χ0) is 21.7. The minimum absolute atomic E-state index is 0.319. The second-order valence-corrected chi connectivity index (χ2v) is 7.63. The SMILES string of the molecule is CC(C)(C)c1cccc(C(C)(O)CC(F)(F)C(F)(F)C(F)(F)C(F)(F)F)c1. The van der Waals surface area contributed by atoms with Gasteiger partial charge in [0.2, 0.25) is 0 Å². The lowest BCUT2D eigenvalue weighted by Gasteiger charge is -2.37. The van der Waals surface area contributed by atoms with Gasteiger partial charge in [-0.15, -0.1) is 0 Å². The topological polar surface area (TPSA) is 20.2 Å². The molecular weight excluding hydrogens is 391 g/mol. The third-order valence-corrected chi connectivity index (χ3v) is 4.13. The van der Waals surface area contributed by atoms with E-state index in [9.17, 15) is 44.6 Å². The van der Waals surface area contributed by atoms with Gasteiger partial charge < -0.3 is 5.11 Å². The molecule has 1 nitrogen and oxygen atoms in total. The molecule has 1 aromatic rings. The minimum Gasteiger partial charge on any atom is -0.385 e. The largest absolute Gasteiger partial charge is 0.460 e. The van der Waals surface area contributed by atoms with Crippen LogP contribution in [0.5, 0.6) is 0 Å². The van der Waals surface area contributed by atoms with Crippen molar-refractivity contribution < 1.29 is 44.6 Å². The van der Waals surface area contributed by atoms with Gasteiger partial charge in [-0.2, -0.15) is 39.5 Å². The summed E-state index contributed by atoms with van der Waals surface area (Å²) in [6.07, 6.45) is -9.23. The van der Waals surface area contributed by atoms with Crippen LogP contribution in [-0.2, 0) is 11.0 Å². The lowest BCUT2D eigenvalue weighted by molar-refractivity contribution is -0.400. The first-order chi connectivity index (χ1) is 11.7. The molecule has 0 saturated carbocycles. The molecule has 1 atom stereocenters. The van der Waals surface area contributed by atoms with Crippen molar-refractivity contribution in [2.75, 3.05) is 0 Å². The molecular formula is C17H19F9O. The molecule has 1 N–H and O–H groups in total. The van der Waals surface area contributed by atoms with Crippen molar-refractivity contribution in [2.24, 2.45) is 0 Å². The Morgan fingerprint density at radius 2 is 1.19 bits per heavy atom. The molecule has 0 aliphatic carbocycles. The van der Waals surface area contributed by atoms with Crippen molar-refractivity contribution in [2.45, 2.75) is 69.1 Å². The van der Waals surface area contributed by atoms with Crippen LogP contribution in [0, 0.1) is 0 Å². The molecule has 0 spiro atoms. The highest BCUT2D eigenvalue weighted by Crippen LogP contribution is 2.55. The molecule has 0 amide bonds. The van der Waals surface area contributed by atoms with Gasteiger partial charge in [-0.25, -0.2) is 0 Å². The molecule has 0 aromatic heterocycles. The van der Waals surface area contributed by atoms with Gasteiger partial charge >= 0.3 is 23.9 Å². The normalized spacial score (nSPS) is 17.0. The molecule has 1 unspecified atom stereocenters.